The van der Waals surface area contributed by atoms with Gasteiger partial charge in [-0.2, -0.15) is 4.98 Å². The monoisotopic (exact) mass is 566 g/mol. The quantitative estimate of drug-likeness (QED) is 0.262. The molecule has 8 heteroatoms. The highest BCUT2D eigenvalue weighted by molar-refractivity contribution is 9.10. The van der Waals surface area contributed by atoms with Crippen molar-refractivity contribution in [3.8, 4) is 22.8 Å². The molecule has 0 bridgehead atoms. The molecule has 0 saturated carbocycles. The fraction of sp³-hybridized carbons (Fsp3) is 0.286. The predicted molar refractivity (Wildman–Crippen MR) is 147 cm³/mol. The molecule has 2 aromatic carbocycles. The fourth-order valence-electron chi connectivity index (χ4n) is 3.84. The number of ether oxygens (including phenoxy) is 1. The van der Waals surface area contributed by atoms with E-state index in [0.29, 0.717) is 23.1 Å². The van der Waals surface area contributed by atoms with Crippen LogP contribution in [-0.4, -0.2) is 19.5 Å². The first-order valence-electron chi connectivity index (χ1n) is 11.6. The van der Waals surface area contributed by atoms with E-state index in [1.165, 1.54) is 4.57 Å². The van der Waals surface area contributed by atoms with Crippen LogP contribution >= 0.6 is 27.5 Å². The third-order valence-corrected chi connectivity index (χ3v) is 6.72. The van der Waals surface area contributed by atoms with Gasteiger partial charge in [-0.15, -0.1) is 0 Å². The van der Waals surface area contributed by atoms with Gasteiger partial charge in [0.2, 0.25) is 5.88 Å². The van der Waals surface area contributed by atoms with E-state index in [4.69, 9.17) is 21.3 Å². The molecule has 4 rings (SSSR count). The first kappa shape index (κ1) is 26.0. The van der Waals surface area contributed by atoms with Gasteiger partial charge in [0.1, 0.15) is 22.7 Å². The summed E-state index contributed by atoms with van der Waals surface area (Å²) in [5.41, 5.74) is 4.70. The van der Waals surface area contributed by atoms with Crippen molar-refractivity contribution in [3.05, 3.63) is 96.8 Å². The molecule has 0 aliphatic heterocycles. The van der Waals surface area contributed by atoms with E-state index in [1.807, 2.05) is 56.4 Å². The zero-order chi connectivity index (χ0) is 26.2. The number of nitrogens with zero attached hydrogens (tertiary/aromatic N) is 4. The zero-order valence-electron chi connectivity index (χ0n) is 21.2. The third-order valence-electron chi connectivity index (χ3n) is 5.73. The Bertz CT molecular complexity index is 1510. The van der Waals surface area contributed by atoms with Gasteiger partial charge in [-0.05, 0) is 60.0 Å². The molecule has 186 valence electrons. The first-order valence-corrected chi connectivity index (χ1v) is 12.7. The molecule has 2 heterocycles. The highest BCUT2D eigenvalue weighted by Gasteiger charge is 2.21. The number of hydrogen-bond acceptors (Lipinski definition) is 5. The molecule has 0 N–H and O–H groups in total. The van der Waals surface area contributed by atoms with Gasteiger partial charge in [0.25, 0.3) is 5.56 Å². The fourth-order valence-corrected chi connectivity index (χ4v) is 4.43. The third kappa shape index (κ3) is 5.37. The number of hydrogen-bond donors (Lipinski definition) is 0. The Hall–Kier alpha value is -3.03. The molecular formula is C28H28BrClN4O2. The van der Waals surface area contributed by atoms with Crippen molar-refractivity contribution in [2.24, 2.45) is 0 Å². The van der Waals surface area contributed by atoms with E-state index in [1.54, 1.807) is 13.0 Å². The molecule has 0 saturated heterocycles. The van der Waals surface area contributed by atoms with E-state index in [2.05, 4.69) is 46.7 Å². The van der Waals surface area contributed by atoms with Crippen LogP contribution in [-0.2, 0) is 12.0 Å². The molecular weight excluding hydrogens is 540 g/mol. The summed E-state index contributed by atoms with van der Waals surface area (Å²) in [7, 11) is 0. The lowest BCUT2D eigenvalue weighted by Gasteiger charge is -2.19. The molecule has 0 unspecified atom stereocenters. The lowest BCUT2D eigenvalue weighted by atomic mass is 9.95. The standard InChI is InChI=1S/C28H28BrClN4O2/c1-16-8-7-9-19(12-16)15-36-25-23(29)26(35)34(18(3)32-25)22-13-20(10-11-21(22)30)24-17(2)14-31-27(33-24)28(4,5)6/h7-14H,15H2,1-6H3. The molecule has 2 aromatic heterocycles. The molecule has 4 aromatic rings. The maximum atomic E-state index is 13.4. The van der Waals surface area contributed by atoms with Crippen LogP contribution in [0.2, 0.25) is 5.02 Å². The number of aromatic nitrogens is 4. The van der Waals surface area contributed by atoms with E-state index >= 15 is 0 Å². The molecule has 0 aliphatic rings. The molecule has 0 spiro atoms. The lowest BCUT2D eigenvalue weighted by Crippen LogP contribution is -2.24. The van der Waals surface area contributed by atoms with Crippen LogP contribution in [0.5, 0.6) is 5.88 Å². The van der Waals surface area contributed by atoms with E-state index < -0.39 is 0 Å². The highest BCUT2D eigenvalue weighted by Crippen LogP contribution is 2.31. The summed E-state index contributed by atoms with van der Waals surface area (Å²) in [4.78, 5) is 27.3. The summed E-state index contributed by atoms with van der Waals surface area (Å²) >= 11 is 9.98. The second kappa shape index (κ2) is 10.1. The van der Waals surface area contributed by atoms with Gasteiger partial charge in [-0.1, -0.05) is 68.3 Å². The van der Waals surface area contributed by atoms with Crippen LogP contribution in [0.3, 0.4) is 0 Å². The van der Waals surface area contributed by atoms with Gasteiger partial charge in [-0.3, -0.25) is 9.36 Å². The molecule has 0 atom stereocenters. The van der Waals surface area contributed by atoms with Crippen LogP contribution in [0.1, 0.15) is 49.1 Å². The van der Waals surface area contributed by atoms with Crippen LogP contribution in [0.15, 0.2) is 57.9 Å². The summed E-state index contributed by atoms with van der Waals surface area (Å²) in [6.45, 7) is 12.3. The minimum Gasteiger partial charge on any atom is -0.472 e. The van der Waals surface area contributed by atoms with Gasteiger partial charge in [0, 0.05) is 17.2 Å². The number of aryl methyl sites for hydroxylation is 3. The maximum absolute atomic E-state index is 13.4. The Morgan fingerprint density at radius 2 is 1.81 bits per heavy atom. The minimum absolute atomic E-state index is 0.200. The summed E-state index contributed by atoms with van der Waals surface area (Å²) in [5.74, 6) is 1.44. The Kier molecular flexibility index (Phi) is 7.34. The topological polar surface area (TPSA) is 69.9 Å². The summed E-state index contributed by atoms with van der Waals surface area (Å²) in [6, 6.07) is 13.5. The molecule has 0 amide bonds. The smallest absolute Gasteiger partial charge is 0.276 e. The van der Waals surface area contributed by atoms with E-state index in [0.717, 1.165) is 33.8 Å². The van der Waals surface area contributed by atoms with Crippen molar-refractivity contribution in [2.45, 2.75) is 53.6 Å². The highest BCUT2D eigenvalue weighted by atomic mass is 79.9. The van der Waals surface area contributed by atoms with Crippen LogP contribution in [0.25, 0.3) is 16.9 Å². The van der Waals surface area contributed by atoms with Crippen LogP contribution in [0, 0.1) is 20.8 Å². The normalized spacial score (nSPS) is 11.6. The van der Waals surface area contributed by atoms with Gasteiger partial charge in [0.15, 0.2) is 0 Å². The second-order valence-electron chi connectivity index (χ2n) is 9.84. The number of benzene rings is 2. The molecule has 36 heavy (non-hydrogen) atoms. The Morgan fingerprint density at radius 3 is 2.50 bits per heavy atom. The minimum atomic E-state index is -0.310. The van der Waals surface area contributed by atoms with E-state index in [9.17, 15) is 4.79 Å². The Labute approximate surface area is 224 Å². The maximum Gasteiger partial charge on any atom is 0.276 e. The molecule has 6 nitrogen and oxygen atoms in total. The molecule has 0 aliphatic carbocycles. The van der Waals surface area contributed by atoms with Crippen molar-refractivity contribution in [3.63, 3.8) is 0 Å². The summed E-state index contributed by atoms with van der Waals surface area (Å²) in [6.07, 6.45) is 1.83. The number of halogens is 2. The van der Waals surface area contributed by atoms with Crippen molar-refractivity contribution < 1.29 is 4.74 Å². The molecule has 0 radical (unpaired) electrons. The average Bonchev–Trinajstić information content (AvgIpc) is 2.81. The van der Waals surface area contributed by atoms with Crippen molar-refractivity contribution in [1.82, 2.24) is 19.5 Å². The lowest BCUT2D eigenvalue weighted by molar-refractivity contribution is 0.289. The van der Waals surface area contributed by atoms with Crippen LogP contribution in [0.4, 0.5) is 0 Å². The predicted octanol–water partition coefficient (Wildman–Crippen LogP) is 6.91. The van der Waals surface area contributed by atoms with Crippen LogP contribution < -0.4 is 10.3 Å². The summed E-state index contributed by atoms with van der Waals surface area (Å²) in [5, 5.41) is 0.425. The van der Waals surface area contributed by atoms with Crippen molar-refractivity contribution in [1.29, 1.82) is 0 Å². The SMILES string of the molecule is Cc1cccc(COc2nc(C)n(-c3cc(-c4nc(C(C)(C)C)ncc4C)ccc3Cl)c(=O)c2Br)c1. The largest absolute Gasteiger partial charge is 0.472 e. The Morgan fingerprint density at radius 1 is 1.06 bits per heavy atom. The van der Waals surface area contributed by atoms with Gasteiger partial charge < -0.3 is 4.74 Å². The van der Waals surface area contributed by atoms with Gasteiger partial charge in [-0.25, -0.2) is 9.97 Å². The van der Waals surface area contributed by atoms with Gasteiger partial charge >= 0.3 is 0 Å². The Balaban J connectivity index is 1.75. The first-order chi connectivity index (χ1) is 17.0. The van der Waals surface area contributed by atoms with Gasteiger partial charge in [0.05, 0.1) is 16.4 Å². The van der Waals surface area contributed by atoms with E-state index in [-0.39, 0.29) is 21.3 Å². The van der Waals surface area contributed by atoms with Crippen molar-refractivity contribution >= 4 is 27.5 Å². The average molecular weight is 568 g/mol. The number of rotatable bonds is 5. The second-order valence-corrected chi connectivity index (χ2v) is 11.0. The molecule has 0 fully saturated rings. The van der Waals surface area contributed by atoms with Crippen molar-refractivity contribution in [2.75, 3.05) is 0 Å². The summed E-state index contributed by atoms with van der Waals surface area (Å²) < 4.78 is 7.61. The zero-order valence-corrected chi connectivity index (χ0v) is 23.5.